The highest BCUT2D eigenvalue weighted by Crippen LogP contribution is 2.57. The number of fused-ring (bicyclic) bond motifs is 6. The van der Waals surface area contributed by atoms with E-state index in [-0.39, 0.29) is 5.92 Å². The minimum Gasteiger partial charge on any atom is -0.310 e. The zero-order valence-corrected chi connectivity index (χ0v) is 28.2. The van der Waals surface area contributed by atoms with E-state index in [1.54, 1.807) is 0 Å². The molecule has 8 aromatic carbocycles. The average molecular weight is 650 g/mol. The summed E-state index contributed by atoms with van der Waals surface area (Å²) in [7, 11) is 0. The van der Waals surface area contributed by atoms with E-state index in [1.807, 2.05) is 0 Å². The Balaban J connectivity index is 1.21. The van der Waals surface area contributed by atoms with Crippen LogP contribution in [0.3, 0.4) is 0 Å². The van der Waals surface area contributed by atoms with Gasteiger partial charge in [0.2, 0.25) is 0 Å². The van der Waals surface area contributed by atoms with Gasteiger partial charge in [0.25, 0.3) is 0 Å². The van der Waals surface area contributed by atoms with E-state index in [0.29, 0.717) is 0 Å². The fraction of sp³-hybridized carbons (Fsp3) is 0.0400. The Morgan fingerprint density at radius 3 is 1.55 bits per heavy atom. The van der Waals surface area contributed by atoms with Crippen LogP contribution in [0.1, 0.15) is 44.9 Å². The molecule has 0 aliphatic heterocycles. The summed E-state index contributed by atoms with van der Waals surface area (Å²) in [6, 6.07) is 75.9. The molecule has 0 spiro atoms. The van der Waals surface area contributed by atoms with Crippen LogP contribution in [0.25, 0.3) is 22.3 Å². The number of anilines is 3. The van der Waals surface area contributed by atoms with Gasteiger partial charge in [-0.1, -0.05) is 170 Å². The smallest absolute Gasteiger partial charge is 0.0714 e. The fourth-order valence-corrected chi connectivity index (χ4v) is 8.93. The molecule has 0 saturated heterocycles. The lowest BCUT2D eigenvalue weighted by molar-refractivity contribution is 0.768. The third kappa shape index (κ3) is 4.48. The average Bonchev–Trinajstić information content (AvgIpc) is 3.70. The maximum Gasteiger partial charge on any atom is 0.0714 e. The SMILES string of the molecule is c1ccc(C2c3ccccc3-c3cc(N(c4ccccc4)c4ccc5c(c4)C(c4ccccc4)(c4ccccc4)c4ccccc4-5)ccc32)cc1. The van der Waals surface area contributed by atoms with Gasteiger partial charge >= 0.3 is 0 Å². The van der Waals surface area contributed by atoms with Crippen LogP contribution in [-0.2, 0) is 5.41 Å². The Bertz CT molecular complexity index is 2480. The number of hydrogen-bond acceptors (Lipinski definition) is 1. The molecule has 240 valence electrons. The van der Waals surface area contributed by atoms with Crippen molar-refractivity contribution >= 4 is 17.1 Å². The number of hydrogen-bond donors (Lipinski definition) is 0. The molecule has 1 heteroatoms. The van der Waals surface area contributed by atoms with Gasteiger partial charge in [0, 0.05) is 23.0 Å². The Morgan fingerprint density at radius 1 is 0.333 bits per heavy atom. The molecule has 0 amide bonds. The van der Waals surface area contributed by atoms with E-state index in [2.05, 4.69) is 211 Å². The maximum absolute atomic E-state index is 2.45. The van der Waals surface area contributed by atoms with Gasteiger partial charge in [0.1, 0.15) is 0 Å². The second kappa shape index (κ2) is 11.9. The summed E-state index contributed by atoms with van der Waals surface area (Å²) < 4.78 is 0. The van der Waals surface area contributed by atoms with E-state index >= 15 is 0 Å². The normalized spacial score (nSPS) is 14.6. The summed E-state index contributed by atoms with van der Waals surface area (Å²) in [4.78, 5) is 2.43. The second-order valence-electron chi connectivity index (χ2n) is 13.6. The highest BCUT2D eigenvalue weighted by Gasteiger charge is 2.46. The van der Waals surface area contributed by atoms with Gasteiger partial charge in [-0.15, -0.1) is 0 Å². The van der Waals surface area contributed by atoms with Crippen molar-refractivity contribution in [2.24, 2.45) is 0 Å². The number of rotatable bonds is 6. The standard InChI is InChI=1S/C50H35N/c1-5-17-35(18-6-1)49-44-27-14-13-25-41(44)46-33-39(30-32-45(46)49)51(38-23-11-4-12-24-38)40-29-31-43-42-26-15-16-28-47(42)50(48(43)34-40,36-19-7-2-8-20-36)37-21-9-3-10-22-37/h1-34,49H. The molecule has 51 heavy (non-hydrogen) atoms. The molecule has 0 bridgehead atoms. The van der Waals surface area contributed by atoms with Gasteiger partial charge in [-0.2, -0.15) is 0 Å². The zero-order chi connectivity index (χ0) is 33.8. The number of para-hydroxylation sites is 1. The highest BCUT2D eigenvalue weighted by molar-refractivity contribution is 5.91. The first-order valence-electron chi connectivity index (χ1n) is 17.8. The van der Waals surface area contributed by atoms with Crippen molar-refractivity contribution in [1.29, 1.82) is 0 Å². The second-order valence-corrected chi connectivity index (χ2v) is 13.6. The van der Waals surface area contributed by atoms with Gasteiger partial charge in [0.15, 0.2) is 0 Å². The minimum atomic E-state index is -0.466. The lowest BCUT2D eigenvalue weighted by Crippen LogP contribution is -2.28. The van der Waals surface area contributed by atoms with Crippen molar-refractivity contribution in [2.75, 3.05) is 4.90 Å². The first-order valence-corrected chi connectivity index (χ1v) is 17.8. The van der Waals surface area contributed by atoms with Crippen molar-refractivity contribution in [3.63, 3.8) is 0 Å². The maximum atomic E-state index is 2.45. The first-order chi connectivity index (χ1) is 25.3. The zero-order valence-electron chi connectivity index (χ0n) is 28.2. The van der Waals surface area contributed by atoms with Crippen molar-refractivity contribution < 1.29 is 0 Å². The van der Waals surface area contributed by atoms with Crippen molar-refractivity contribution in [2.45, 2.75) is 11.3 Å². The first kappa shape index (κ1) is 29.5. The van der Waals surface area contributed by atoms with Crippen LogP contribution in [0, 0.1) is 0 Å². The molecule has 8 aromatic rings. The van der Waals surface area contributed by atoms with Crippen molar-refractivity contribution in [3.8, 4) is 22.3 Å². The molecular weight excluding hydrogens is 615 g/mol. The van der Waals surface area contributed by atoms with E-state index in [9.17, 15) is 0 Å². The van der Waals surface area contributed by atoms with Crippen LogP contribution in [0.2, 0.25) is 0 Å². The van der Waals surface area contributed by atoms with Gasteiger partial charge in [-0.3, -0.25) is 0 Å². The largest absolute Gasteiger partial charge is 0.310 e. The molecule has 0 heterocycles. The van der Waals surface area contributed by atoms with Crippen LogP contribution in [0.5, 0.6) is 0 Å². The molecule has 1 atom stereocenters. The van der Waals surface area contributed by atoms with Crippen molar-refractivity contribution in [1.82, 2.24) is 0 Å². The van der Waals surface area contributed by atoms with Crippen molar-refractivity contribution in [3.05, 3.63) is 245 Å². The lowest BCUT2D eigenvalue weighted by Gasteiger charge is -2.35. The molecule has 0 radical (unpaired) electrons. The lowest BCUT2D eigenvalue weighted by atomic mass is 9.67. The van der Waals surface area contributed by atoms with Gasteiger partial charge < -0.3 is 4.90 Å². The summed E-state index contributed by atoms with van der Waals surface area (Å²) in [6.07, 6.45) is 0. The summed E-state index contributed by atoms with van der Waals surface area (Å²) in [5, 5.41) is 0. The minimum absolute atomic E-state index is 0.215. The third-order valence-corrected chi connectivity index (χ3v) is 11.0. The van der Waals surface area contributed by atoms with Crippen LogP contribution < -0.4 is 4.90 Å². The molecule has 2 aliphatic rings. The third-order valence-electron chi connectivity index (χ3n) is 11.0. The molecule has 2 aliphatic carbocycles. The number of benzene rings is 8. The summed E-state index contributed by atoms with van der Waals surface area (Å²) in [6.45, 7) is 0. The highest BCUT2D eigenvalue weighted by atomic mass is 15.1. The predicted molar refractivity (Wildman–Crippen MR) is 211 cm³/mol. The Morgan fingerprint density at radius 2 is 0.843 bits per heavy atom. The molecule has 10 rings (SSSR count). The molecule has 0 aromatic heterocycles. The van der Waals surface area contributed by atoms with E-state index in [0.717, 1.165) is 17.1 Å². The van der Waals surface area contributed by atoms with E-state index in [4.69, 9.17) is 0 Å². The topological polar surface area (TPSA) is 3.24 Å². The molecule has 1 nitrogen and oxygen atoms in total. The van der Waals surface area contributed by atoms with Gasteiger partial charge in [-0.05, 0) is 97.6 Å². The molecule has 1 unspecified atom stereocenters. The quantitative estimate of drug-likeness (QED) is 0.173. The summed E-state index contributed by atoms with van der Waals surface area (Å²) >= 11 is 0. The Labute approximate surface area is 299 Å². The predicted octanol–water partition coefficient (Wildman–Crippen LogP) is 12.7. The fourth-order valence-electron chi connectivity index (χ4n) is 8.93. The summed E-state index contributed by atoms with van der Waals surface area (Å²) in [5.74, 6) is 0.215. The van der Waals surface area contributed by atoms with Gasteiger partial charge in [-0.25, -0.2) is 0 Å². The van der Waals surface area contributed by atoms with Gasteiger partial charge in [0.05, 0.1) is 5.41 Å². The summed E-state index contributed by atoms with van der Waals surface area (Å²) in [5.41, 5.74) is 17.3. The molecule has 0 fully saturated rings. The van der Waals surface area contributed by atoms with Crippen LogP contribution in [0.15, 0.2) is 206 Å². The monoisotopic (exact) mass is 649 g/mol. The molecule has 0 N–H and O–H groups in total. The molecule has 0 saturated carbocycles. The Hall–Kier alpha value is -6.44. The van der Waals surface area contributed by atoms with Crippen LogP contribution in [0.4, 0.5) is 17.1 Å². The van der Waals surface area contributed by atoms with Crippen LogP contribution in [-0.4, -0.2) is 0 Å². The van der Waals surface area contributed by atoms with E-state index < -0.39 is 5.41 Å². The molecular formula is C50H35N. The number of nitrogens with zero attached hydrogens (tertiary/aromatic N) is 1. The van der Waals surface area contributed by atoms with Crippen LogP contribution >= 0.6 is 0 Å². The Kier molecular flexibility index (Phi) is 6.85. The van der Waals surface area contributed by atoms with E-state index in [1.165, 1.54) is 61.2 Å².